The zero-order chi connectivity index (χ0) is 24.0. The Balaban J connectivity index is 1.75. The zero-order valence-corrected chi connectivity index (χ0v) is 16.7. The predicted octanol–water partition coefficient (Wildman–Crippen LogP) is -0.539. The van der Waals surface area contributed by atoms with Gasteiger partial charge >= 0.3 is 0 Å². The van der Waals surface area contributed by atoms with E-state index < -0.39 is 65.7 Å². The number of phenols is 4. The average molecular weight is 464 g/mol. The fraction of sp³-hybridized carbons (Fsp3) is 0.286. The number of aromatic hydroxyl groups is 4. The van der Waals surface area contributed by atoms with E-state index in [0.717, 1.165) is 30.3 Å². The van der Waals surface area contributed by atoms with Crippen LogP contribution in [0.3, 0.4) is 0 Å². The van der Waals surface area contributed by atoms with Crippen LogP contribution in [0.25, 0.3) is 22.3 Å². The minimum absolute atomic E-state index is 0.0201. The van der Waals surface area contributed by atoms with E-state index in [1.807, 2.05) is 0 Å². The summed E-state index contributed by atoms with van der Waals surface area (Å²) in [5.41, 5.74) is -0.793. The van der Waals surface area contributed by atoms with Crippen molar-refractivity contribution in [1.82, 2.24) is 0 Å². The van der Waals surface area contributed by atoms with Crippen molar-refractivity contribution in [2.75, 3.05) is 6.61 Å². The number of aliphatic hydroxyl groups excluding tert-OH is 4. The molecule has 4 rings (SSSR count). The number of fused-ring (bicyclic) bond motifs is 1. The molecule has 5 atom stereocenters. The van der Waals surface area contributed by atoms with Crippen molar-refractivity contribution in [2.24, 2.45) is 0 Å². The summed E-state index contributed by atoms with van der Waals surface area (Å²) in [5, 5.41) is 78.9. The largest absolute Gasteiger partial charge is 0.508 e. The van der Waals surface area contributed by atoms with Gasteiger partial charge in [-0.25, -0.2) is 0 Å². The third-order valence-corrected chi connectivity index (χ3v) is 5.23. The normalized spacial score (nSPS) is 25.3. The highest BCUT2D eigenvalue weighted by Crippen LogP contribution is 2.41. The average Bonchev–Trinajstić information content (AvgIpc) is 2.76. The van der Waals surface area contributed by atoms with Crippen LogP contribution in [0, 0.1) is 0 Å². The van der Waals surface area contributed by atoms with Crippen LogP contribution in [0.15, 0.2) is 39.5 Å². The number of ether oxygens (including phenoxy) is 2. The Bertz CT molecular complexity index is 1250. The quantitative estimate of drug-likeness (QED) is 0.229. The van der Waals surface area contributed by atoms with Crippen molar-refractivity contribution < 1.29 is 54.7 Å². The smallest absolute Gasteiger partial charge is 0.229 e. The van der Waals surface area contributed by atoms with Gasteiger partial charge in [0.15, 0.2) is 16.9 Å². The van der Waals surface area contributed by atoms with E-state index >= 15 is 0 Å². The number of hydrogen-bond acceptors (Lipinski definition) is 12. The molecule has 176 valence electrons. The Kier molecular flexibility index (Phi) is 5.78. The Morgan fingerprint density at radius 1 is 0.879 bits per heavy atom. The maximum Gasteiger partial charge on any atom is 0.229 e. The molecule has 0 amide bonds. The second kappa shape index (κ2) is 8.42. The van der Waals surface area contributed by atoms with E-state index in [2.05, 4.69) is 0 Å². The Morgan fingerprint density at radius 3 is 2.30 bits per heavy atom. The molecule has 1 aromatic heterocycles. The Hall–Kier alpha value is -3.55. The Labute approximate surface area is 184 Å². The summed E-state index contributed by atoms with van der Waals surface area (Å²) in [6.07, 6.45) is -8.07. The molecule has 0 spiro atoms. The molecule has 1 saturated heterocycles. The first-order valence-corrected chi connectivity index (χ1v) is 9.64. The van der Waals surface area contributed by atoms with E-state index in [1.165, 1.54) is 0 Å². The monoisotopic (exact) mass is 464 g/mol. The fourth-order valence-corrected chi connectivity index (χ4v) is 3.51. The molecule has 0 bridgehead atoms. The van der Waals surface area contributed by atoms with Gasteiger partial charge in [0.2, 0.25) is 12.0 Å². The summed E-state index contributed by atoms with van der Waals surface area (Å²) in [6, 6.07) is 5.25. The summed E-state index contributed by atoms with van der Waals surface area (Å²) >= 11 is 0. The lowest BCUT2D eigenvalue weighted by molar-refractivity contribution is -0.277. The van der Waals surface area contributed by atoms with Gasteiger partial charge in [-0.1, -0.05) is 0 Å². The van der Waals surface area contributed by atoms with E-state index in [0.29, 0.717) is 0 Å². The number of phenolic OH excluding ortho intramolecular Hbond substituents is 4. The number of rotatable bonds is 4. The lowest BCUT2D eigenvalue weighted by atomic mass is 9.99. The SMILES string of the molecule is O=c1cc(-c2cc(O)c(O)c(O[C@@H]3O[C@H](CO)[C@@H](O)[C@@H](O)[C@H]3O)c2)oc2cc(O)cc(O)c12. The summed E-state index contributed by atoms with van der Waals surface area (Å²) < 4.78 is 16.2. The lowest BCUT2D eigenvalue weighted by Crippen LogP contribution is -2.60. The highest BCUT2D eigenvalue weighted by atomic mass is 16.7. The molecule has 0 unspecified atom stereocenters. The minimum Gasteiger partial charge on any atom is -0.508 e. The van der Waals surface area contributed by atoms with Crippen LogP contribution in [0.4, 0.5) is 0 Å². The van der Waals surface area contributed by atoms with Crippen molar-refractivity contribution in [3.05, 3.63) is 40.6 Å². The van der Waals surface area contributed by atoms with Gasteiger partial charge in [0, 0.05) is 23.8 Å². The molecular formula is C21H20O12. The van der Waals surface area contributed by atoms with Crippen LogP contribution >= 0.6 is 0 Å². The van der Waals surface area contributed by atoms with E-state index in [-0.39, 0.29) is 28.0 Å². The molecule has 2 heterocycles. The van der Waals surface area contributed by atoms with Crippen LogP contribution in [0.2, 0.25) is 0 Å². The van der Waals surface area contributed by atoms with Gasteiger partial charge < -0.3 is 54.7 Å². The molecule has 8 N–H and O–H groups in total. The fourth-order valence-electron chi connectivity index (χ4n) is 3.51. The van der Waals surface area contributed by atoms with Gasteiger partial charge in [0.25, 0.3) is 0 Å². The predicted molar refractivity (Wildman–Crippen MR) is 109 cm³/mol. The summed E-state index contributed by atoms with van der Waals surface area (Å²) in [7, 11) is 0. The second-order valence-electron chi connectivity index (χ2n) is 7.47. The number of benzene rings is 2. The van der Waals surface area contributed by atoms with Crippen molar-refractivity contribution in [1.29, 1.82) is 0 Å². The van der Waals surface area contributed by atoms with Crippen molar-refractivity contribution in [3.63, 3.8) is 0 Å². The highest BCUT2D eigenvalue weighted by Gasteiger charge is 2.45. The molecule has 1 aliphatic rings. The van der Waals surface area contributed by atoms with Crippen LogP contribution in [-0.2, 0) is 4.74 Å². The van der Waals surface area contributed by atoms with Crippen LogP contribution in [-0.4, -0.2) is 78.2 Å². The first kappa shape index (κ1) is 22.6. The van der Waals surface area contributed by atoms with Crippen LogP contribution in [0.5, 0.6) is 28.7 Å². The van der Waals surface area contributed by atoms with Gasteiger partial charge in [-0.2, -0.15) is 0 Å². The van der Waals surface area contributed by atoms with Crippen LogP contribution < -0.4 is 10.2 Å². The molecule has 1 fully saturated rings. The molecule has 0 radical (unpaired) electrons. The second-order valence-corrected chi connectivity index (χ2v) is 7.47. The van der Waals surface area contributed by atoms with Gasteiger partial charge in [-0.3, -0.25) is 4.79 Å². The van der Waals surface area contributed by atoms with E-state index in [4.69, 9.17) is 13.9 Å². The van der Waals surface area contributed by atoms with Crippen molar-refractivity contribution in [2.45, 2.75) is 30.7 Å². The molecule has 3 aromatic rings. The first-order chi connectivity index (χ1) is 15.6. The standard InChI is InChI=1S/C21H20O12/c22-6-15-18(28)19(29)20(30)21(33-15)32-14-2-7(1-11(26)17(14)27)12-5-10(25)16-9(24)3-8(23)4-13(16)31-12/h1-5,15,18-24,26-30H,6H2/t15-,18-,19-,20-,21-/m1/s1. The molecule has 0 aliphatic carbocycles. The third-order valence-electron chi connectivity index (χ3n) is 5.23. The van der Waals surface area contributed by atoms with E-state index in [1.54, 1.807) is 0 Å². The molecule has 0 saturated carbocycles. The summed E-state index contributed by atoms with van der Waals surface area (Å²) in [4.78, 5) is 12.5. The molecule has 1 aliphatic heterocycles. The summed E-state index contributed by atoms with van der Waals surface area (Å²) in [6.45, 7) is -0.704. The number of aliphatic hydroxyl groups is 4. The maximum absolute atomic E-state index is 12.5. The van der Waals surface area contributed by atoms with Crippen LogP contribution in [0.1, 0.15) is 0 Å². The van der Waals surface area contributed by atoms with Gasteiger partial charge in [0.1, 0.15) is 52.6 Å². The molecule has 12 nitrogen and oxygen atoms in total. The maximum atomic E-state index is 12.5. The Morgan fingerprint density at radius 2 is 1.61 bits per heavy atom. The van der Waals surface area contributed by atoms with Gasteiger partial charge in [-0.05, 0) is 12.1 Å². The molecule has 33 heavy (non-hydrogen) atoms. The van der Waals surface area contributed by atoms with Crippen molar-refractivity contribution >= 4 is 11.0 Å². The molecule has 12 heteroatoms. The topological polar surface area (TPSA) is 211 Å². The van der Waals surface area contributed by atoms with Gasteiger partial charge in [-0.15, -0.1) is 0 Å². The minimum atomic E-state index is -1.78. The lowest BCUT2D eigenvalue weighted by Gasteiger charge is -2.39. The van der Waals surface area contributed by atoms with E-state index in [9.17, 15) is 45.6 Å². The first-order valence-electron chi connectivity index (χ1n) is 9.64. The molecular weight excluding hydrogens is 444 g/mol. The summed E-state index contributed by atoms with van der Waals surface area (Å²) in [5.74, 6) is -2.91. The third kappa shape index (κ3) is 4.01. The zero-order valence-electron chi connectivity index (χ0n) is 16.7. The van der Waals surface area contributed by atoms with Gasteiger partial charge in [0.05, 0.1) is 6.61 Å². The number of hydrogen-bond donors (Lipinski definition) is 8. The molecule has 2 aromatic carbocycles. The highest BCUT2D eigenvalue weighted by molar-refractivity contribution is 5.86. The van der Waals surface area contributed by atoms with Crippen molar-refractivity contribution in [3.8, 4) is 40.1 Å².